The van der Waals surface area contributed by atoms with Crippen LogP contribution in [0.15, 0.2) is 72.8 Å². The molecule has 3 aromatic rings. The molecule has 7 nitrogen and oxygen atoms in total. The Bertz CT molecular complexity index is 1390. The minimum atomic E-state index is -0.567. The Kier molecular flexibility index (Phi) is 15.5. The second-order valence-corrected chi connectivity index (χ2v) is 12.9. The van der Waals surface area contributed by atoms with Crippen LogP contribution in [0, 0.1) is 5.92 Å². The van der Waals surface area contributed by atoms with Crippen LogP contribution >= 0.6 is 0 Å². The van der Waals surface area contributed by atoms with Crippen LogP contribution in [0.5, 0.6) is 17.2 Å². The van der Waals surface area contributed by atoms with Gasteiger partial charge in [0.25, 0.3) is 0 Å². The van der Waals surface area contributed by atoms with E-state index in [1.54, 1.807) is 60.7 Å². The number of carbonyl (C=O) groups excluding carboxylic acids is 3. The molecular formula is C41H52O7. The van der Waals surface area contributed by atoms with Crippen molar-refractivity contribution in [1.82, 2.24) is 0 Å². The van der Waals surface area contributed by atoms with E-state index >= 15 is 0 Å². The molecular weight excluding hydrogens is 604 g/mol. The molecule has 3 aromatic carbocycles. The molecule has 0 aromatic heterocycles. The van der Waals surface area contributed by atoms with Gasteiger partial charge in [0.15, 0.2) is 0 Å². The highest BCUT2D eigenvalue weighted by Gasteiger charge is 2.23. The summed E-state index contributed by atoms with van der Waals surface area (Å²) in [7, 11) is 0. The van der Waals surface area contributed by atoms with Crippen LogP contribution in [-0.2, 0) is 4.74 Å². The van der Waals surface area contributed by atoms with Gasteiger partial charge in [-0.2, -0.15) is 0 Å². The van der Waals surface area contributed by atoms with E-state index in [4.69, 9.17) is 18.9 Å². The molecule has 0 saturated heterocycles. The van der Waals surface area contributed by atoms with Gasteiger partial charge in [-0.05, 0) is 105 Å². The molecule has 1 atom stereocenters. The first-order chi connectivity index (χ1) is 23.4. The van der Waals surface area contributed by atoms with Gasteiger partial charge in [0.2, 0.25) is 0 Å². The highest BCUT2D eigenvalue weighted by atomic mass is 16.5. The maximum atomic E-state index is 12.7. The lowest BCUT2D eigenvalue weighted by Gasteiger charge is -2.27. The van der Waals surface area contributed by atoms with E-state index in [9.17, 15) is 14.4 Å². The fourth-order valence-corrected chi connectivity index (χ4v) is 6.05. The highest BCUT2D eigenvalue weighted by Crippen LogP contribution is 2.28. The van der Waals surface area contributed by atoms with Gasteiger partial charge in [0, 0.05) is 0 Å². The number of hydrogen-bond acceptors (Lipinski definition) is 7. The molecule has 7 heteroatoms. The molecule has 0 amide bonds. The predicted molar refractivity (Wildman–Crippen MR) is 188 cm³/mol. The number of benzene rings is 3. The summed E-state index contributed by atoms with van der Waals surface area (Å²) in [5.74, 6) is 0.310. The number of carbonyl (C=O) groups is 3. The van der Waals surface area contributed by atoms with E-state index in [0.717, 1.165) is 25.0 Å². The molecule has 0 N–H and O–H groups in total. The van der Waals surface area contributed by atoms with Gasteiger partial charge in [-0.3, -0.25) is 0 Å². The van der Waals surface area contributed by atoms with Gasteiger partial charge in [-0.25, -0.2) is 14.4 Å². The molecule has 1 fully saturated rings. The van der Waals surface area contributed by atoms with Crippen molar-refractivity contribution in [3.63, 3.8) is 0 Å². The largest absolute Gasteiger partial charge is 0.494 e. The molecule has 0 bridgehead atoms. The number of rotatable bonds is 19. The van der Waals surface area contributed by atoms with Crippen molar-refractivity contribution < 1.29 is 33.3 Å². The van der Waals surface area contributed by atoms with Crippen molar-refractivity contribution in [2.45, 2.75) is 116 Å². The second-order valence-electron chi connectivity index (χ2n) is 12.9. The van der Waals surface area contributed by atoms with Crippen molar-refractivity contribution in [1.29, 1.82) is 0 Å². The lowest BCUT2D eigenvalue weighted by Crippen LogP contribution is -2.25. The summed E-state index contributed by atoms with van der Waals surface area (Å²) in [5.41, 5.74) is 1.11. The van der Waals surface area contributed by atoms with E-state index in [1.165, 1.54) is 89.2 Å². The minimum absolute atomic E-state index is 0.123. The minimum Gasteiger partial charge on any atom is -0.494 e. The van der Waals surface area contributed by atoms with Crippen molar-refractivity contribution in [3.05, 3.63) is 89.5 Å². The fraction of sp³-hybridized carbons (Fsp3) is 0.488. The molecule has 1 aliphatic carbocycles. The molecule has 258 valence electrons. The zero-order valence-corrected chi connectivity index (χ0v) is 28.8. The third-order valence-electron chi connectivity index (χ3n) is 9.06. The summed E-state index contributed by atoms with van der Waals surface area (Å²) >= 11 is 0. The topological polar surface area (TPSA) is 88.1 Å². The normalized spacial score (nSPS) is 13.8. The summed E-state index contributed by atoms with van der Waals surface area (Å²) in [6, 6.07) is 19.4. The lowest BCUT2D eigenvalue weighted by atomic mass is 9.86. The average molecular weight is 657 g/mol. The van der Waals surface area contributed by atoms with Gasteiger partial charge >= 0.3 is 17.9 Å². The van der Waals surface area contributed by atoms with Gasteiger partial charge in [0.1, 0.15) is 23.4 Å². The zero-order valence-electron chi connectivity index (χ0n) is 28.8. The number of hydrogen-bond donors (Lipinski definition) is 0. The van der Waals surface area contributed by atoms with E-state index in [-0.39, 0.29) is 12.1 Å². The Morgan fingerprint density at radius 2 is 0.979 bits per heavy atom. The van der Waals surface area contributed by atoms with Crippen LogP contribution in [0.25, 0.3) is 0 Å². The van der Waals surface area contributed by atoms with Crippen molar-refractivity contribution >= 4 is 17.9 Å². The first kappa shape index (κ1) is 36.7. The number of esters is 3. The molecule has 0 aliphatic heterocycles. The average Bonchev–Trinajstić information content (AvgIpc) is 3.11. The Morgan fingerprint density at radius 3 is 1.46 bits per heavy atom. The van der Waals surface area contributed by atoms with E-state index in [2.05, 4.69) is 6.92 Å². The number of ether oxygens (including phenoxy) is 4. The summed E-state index contributed by atoms with van der Waals surface area (Å²) in [6.45, 7) is 4.87. The molecule has 0 heterocycles. The van der Waals surface area contributed by atoms with Crippen LogP contribution in [0.3, 0.4) is 0 Å². The molecule has 0 spiro atoms. The van der Waals surface area contributed by atoms with Gasteiger partial charge in [0.05, 0.1) is 23.3 Å². The Labute approximate surface area is 286 Å². The third-order valence-corrected chi connectivity index (χ3v) is 9.06. The molecule has 0 unspecified atom stereocenters. The summed E-state index contributed by atoms with van der Waals surface area (Å²) in [6.07, 6.45) is 18.5. The van der Waals surface area contributed by atoms with Crippen molar-refractivity contribution in [3.8, 4) is 17.2 Å². The standard InChI is InChI=1S/C41H52O7/c1-3-4-5-6-7-8-9-10-11-15-30-45-36-24-18-34(19-25-36)40(43)47-38-28-22-35(23-29-38)41(44)48-37-26-20-33(21-27-37)39(42)46-31(2)32-16-13-12-14-17-32/h18-29,31-32H,3-17,30H2,1-2H3/t31-/m0/s1. The maximum absolute atomic E-state index is 12.7. The molecule has 1 saturated carbocycles. The lowest BCUT2D eigenvalue weighted by molar-refractivity contribution is 0.0141. The van der Waals surface area contributed by atoms with E-state index in [1.807, 2.05) is 6.92 Å². The molecule has 48 heavy (non-hydrogen) atoms. The summed E-state index contributed by atoms with van der Waals surface area (Å²) in [4.78, 5) is 38.0. The highest BCUT2D eigenvalue weighted by molar-refractivity contribution is 5.93. The van der Waals surface area contributed by atoms with Crippen molar-refractivity contribution in [2.75, 3.05) is 6.61 Å². The third kappa shape index (κ3) is 12.5. The fourth-order valence-electron chi connectivity index (χ4n) is 6.05. The van der Waals surface area contributed by atoms with Crippen LogP contribution in [-0.4, -0.2) is 30.6 Å². The molecule has 0 radical (unpaired) electrons. The van der Waals surface area contributed by atoms with Crippen molar-refractivity contribution in [2.24, 2.45) is 5.92 Å². The Morgan fingerprint density at radius 1 is 0.562 bits per heavy atom. The first-order valence-electron chi connectivity index (χ1n) is 18.0. The zero-order chi connectivity index (χ0) is 34.0. The van der Waals surface area contributed by atoms with Gasteiger partial charge in [-0.15, -0.1) is 0 Å². The van der Waals surface area contributed by atoms with Crippen LogP contribution < -0.4 is 14.2 Å². The van der Waals surface area contributed by atoms with E-state index in [0.29, 0.717) is 40.7 Å². The first-order valence-corrected chi connectivity index (χ1v) is 18.0. The number of unbranched alkanes of at least 4 members (excludes halogenated alkanes) is 9. The monoisotopic (exact) mass is 656 g/mol. The quantitative estimate of drug-likeness (QED) is 0.0720. The smallest absolute Gasteiger partial charge is 0.343 e. The van der Waals surface area contributed by atoms with Crippen LogP contribution in [0.2, 0.25) is 0 Å². The van der Waals surface area contributed by atoms with Gasteiger partial charge < -0.3 is 18.9 Å². The Hall–Kier alpha value is -4.13. The summed E-state index contributed by atoms with van der Waals surface area (Å²) < 4.78 is 22.5. The SMILES string of the molecule is CCCCCCCCCCCCOc1ccc(C(=O)Oc2ccc(C(=O)Oc3ccc(C(=O)O[C@@H](C)C4CCCCC4)cc3)cc2)cc1. The Balaban J connectivity index is 1.14. The second kappa shape index (κ2) is 20.3. The summed E-state index contributed by atoms with van der Waals surface area (Å²) in [5, 5.41) is 0. The van der Waals surface area contributed by atoms with E-state index < -0.39 is 11.9 Å². The predicted octanol–water partition coefficient (Wildman–Crippen LogP) is 10.6. The van der Waals surface area contributed by atoms with Crippen LogP contribution in [0.4, 0.5) is 0 Å². The van der Waals surface area contributed by atoms with Crippen LogP contribution in [0.1, 0.15) is 141 Å². The maximum Gasteiger partial charge on any atom is 0.343 e. The molecule has 4 rings (SSSR count). The molecule has 1 aliphatic rings. The van der Waals surface area contributed by atoms with Gasteiger partial charge in [-0.1, -0.05) is 84.0 Å².